The zero-order valence-electron chi connectivity index (χ0n) is 16.0. The maximum atomic E-state index is 12.8. The van der Waals surface area contributed by atoms with Gasteiger partial charge in [0, 0.05) is 48.7 Å². The van der Waals surface area contributed by atoms with Gasteiger partial charge < -0.3 is 0 Å². The largest absolute Gasteiger partial charge is 0.295 e. The fourth-order valence-corrected chi connectivity index (χ4v) is 5.68. The highest BCUT2D eigenvalue weighted by atomic mass is 35.5. The van der Waals surface area contributed by atoms with Crippen LogP contribution in [0.15, 0.2) is 58.8 Å². The summed E-state index contributed by atoms with van der Waals surface area (Å²) in [7, 11) is -3.55. The Kier molecular flexibility index (Phi) is 6.18. The summed E-state index contributed by atoms with van der Waals surface area (Å²) in [5.74, 6) is 0. The molecule has 0 spiro atoms. The Morgan fingerprint density at radius 2 is 1.70 bits per heavy atom. The quantitative estimate of drug-likeness (QED) is 0.580. The molecule has 0 atom stereocenters. The fourth-order valence-electron chi connectivity index (χ4n) is 3.31. The Balaban J connectivity index is 1.37. The van der Waals surface area contributed by atoms with Crippen molar-refractivity contribution in [1.29, 1.82) is 5.26 Å². The Labute approximate surface area is 185 Å². The lowest BCUT2D eigenvalue weighted by Crippen LogP contribution is -2.48. The lowest BCUT2D eigenvalue weighted by atomic mass is 10.2. The summed E-state index contributed by atoms with van der Waals surface area (Å²) in [6.07, 6.45) is 0. The molecule has 1 saturated heterocycles. The number of sulfonamides is 1. The molecule has 2 heterocycles. The number of hydrogen-bond acceptors (Lipinski definition) is 6. The van der Waals surface area contributed by atoms with E-state index in [1.807, 2.05) is 35.7 Å². The molecule has 0 radical (unpaired) electrons. The minimum absolute atomic E-state index is 0.224. The third-order valence-electron chi connectivity index (χ3n) is 4.98. The molecular weight excluding hydrogens is 440 g/mol. The van der Waals surface area contributed by atoms with Crippen molar-refractivity contribution in [2.75, 3.05) is 26.2 Å². The molecule has 9 heteroatoms. The zero-order chi connectivity index (χ0) is 21.1. The van der Waals surface area contributed by atoms with Crippen LogP contribution in [-0.2, 0) is 16.6 Å². The molecular formula is C21H19ClN4O2S2. The van der Waals surface area contributed by atoms with E-state index in [9.17, 15) is 8.42 Å². The van der Waals surface area contributed by atoms with Gasteiger partial charge in [-0.3, -0.25) is 4.90 Å². The van der Waals surface area contributed by atoms with Crippen LogP contribution in [0.3, 0.4) is 0 Å². The van der Waals surface area contributed by atoms with Gasteiger partial charge in [-0.15, -0.1) is 11.3 Å². The number of nitrogens with zero attached hydrogens (tertiary/aromatic N) is 4. The van der Waals surface area contributed by atoms with Gasteiger partial charge >= 0.3 is 0 Å². The van der Waals surface area contributed by atoms with Crippen LogP contribution in [0.4, 0.5) is 0 Å². The number of halogens is 1. The van der Waals surface area contributed by atoms with Gasteiger partial charge in [0.25, 0.3) is 0 Å². The molecule has 0 bridgehead atoms. The van der Waals surface area contributed by atoms with Crippen molar-refractivity contribution in [2.24, 2.45) is 0 Å². The Morgan fingerprint density at radius 1 is 1.03 bits per heavy atom. The van der Waals surface area contributed by atoms with E-state index in [1.54, 1.807) is 11.3 Å². The van der Waals surface area contributed by atoms with Gasteiger partial charge in [-0.25, -0.2) is 13.4 Å². The number of aromatic nitrogens is 1. The monoisotopic (exact) mass is 458 g/mol. The van der Waals surface area contributed by atoms with Gasteiger partial charge in [0.2, 0.25) is 10.0 Å². The van der Waals surface area contributed by atoms with Crippen molar-refractivity contribution in [1.82, 2.24) is 14.2 Å². The second kappa shape index (κ2) is 8.84. The normalized spacial score (nSPS) is 15.7. The zero-order valence-corrected chi connectivity index (χ0v) is 18.4. The number of benzene rings is 2. The number of nitriles is 1. The molecule has 0 saturated carbocycles. The smallest absolute Gasteiger partial charge is 0.243 e. The number of thiazole rings is 1. The molecule has 4 rings (SSSR count). The molecule has 0 N–H and O–H groups in total. The summed E-state index contributed by atoms with van der Waals surface area (Å²) < 4.78 is 27.2. The second-order valence-corrected chi connectivity index (χ2v) is 10.2. The highest BCUT2D eigenvalue weighted by Gasteiger charge is 2.28. The van der Waals surface area contributed by atoms with E-state index in [-0.39, 0.29) is 4.90 Å². The third-order valence-corrected chi connectivity index (χ3v) is 8.09. The first-order chi connectivity index (χ1) is 14.5. The molecule has 0 amide bonds. The summed E-state index contributed by atoms with van der Waals surface area (Å²) in [5.41, 5.74) is 2.46. The molecule has 2 aromatic carbocycles. The first-order valence-electron chi connectivity index (χ1n) is 9.39. The van der Waals surface area contributed by atoms with Gasteiger partial charge in [-0.2, -0.15) is 9.57 Å². The predicted octanol–water partition coefficient (Wildman–Crippen LogP) is 3.84. The van der Waals surface area contributed by atoms with Gasteiger partial charge in [0.15, 0.2) is 0 Å². The van der Waals surface area contributed by atoms with Crippen LogP contribution >= 0.6 is 22.9 Å². The summed E-state index contributed by atoms with van der Waals surface area (Å²) in [6.45, 7) is 2.83. The van der Waals surface area contributed by atoms with E-state index >= 15 is 0 Å². The minimum Gasteiger partial charge on any atom is -0.295 e. The molecule has 1 aliphatic rings. The van der Waals surface area contributed by atoms with Crippen LogP contribution in [0.2, 0.25) is 5.02 Å². The van der Waals surface area contributed by atoms with Crippen LogP contribution < -0.4 is 0 Å². The first kappa shape index (κ1) is 21.0. The maximum Gasteiger partial charge on any atom is 0.243 e. The average molecular weight is 459 g/mol. The topological polar surface area (TPSA) is 77.3 Å². The Morgan fingerprint density at radius 3 is 2.33 bits per heavy atom. The first-order valence-corrected chi connectivity index (χ1v) is 12.1. The molecule has 30 heavy (non-hydrogen) atoms. The Hall–Kier alpha value is -2.28. The molecule has 0 unspecified atom stereocenters. The van der Waals surface area contributed by atoms with Crippen molar-refractivity contribution >= 4 is 33.0 Å². The van der Waals surface area contributed by atoms with Crippen molar-refractivity contribution in [3.05, 3.63) is 70.2 Å². The Bertz CT molecular complexity index is 1160. The summed E-state index contributed by atoms with van der Waals surface area (Å²) in [6, 6.07) is 15.7. The molecule has 154 valence electrons. The molecule has 6 nitrogen and oxygen atoms in total. The number of hydrogen-bond donors (Lipinski definition) is 0. The second-order valence-electron chi connectivity index (χ2n) is 6.97. The summed E-state index contributed by atoms with van der Waals surface area (Å²) in [5, 5.41) is 12.6. The van der Waals surface area contributed by atoms with Crippen LogP contribution in [0.5, 0.6) is 0 Å². The van der Waals surface area contributed by atoms with Crippen LogP contribution in [0.25, 0.3) is 10.6 Å². The van der Waals surface area contributed by atoms with E-state index in [2.05, 4.69) is 4.90 Å². The molecule has 3 aromatic rings. The van der Waals surface area contributed by atoms with Crippen molar-refractivity contribution in [3.8, 4) is 16.6 Å². The fraction of sp³-hybridized carbons (Fsp3) is 0.238. The van der Waals surface area contributed by atoms with Crippen LogP contribution in [-0.4, -0.2) is 48.8 Å². The highest BCUT2D eigenvalue weighted by molar-refractivity contribution is 7.89. The highest BCUT2D eigenvalue weighted by Crippen LogP contribution is 2.26. The number of rotatable bonds is 5. The van der Waals surface area contributed by atoms with Crippen molar-refractivity contribution in [3.63, 3.8) is 0 Å². The van der Waals surface area contributed by atoms with Crippen molar-refractivity contribution in [2.45, 2.75) is 11.4 Å². The van der Waals surface area contributed by atoms with E-state index in [0.717, 1.165) is 16.3 Å². The van der Waals surface area contributed by atoms with E-state index in [0.29, 0.717) is 43.3 Å². The summed E-state index contributed by atoms with van der Waals surface area (Å²) in [4.78, 5) is 7.15. The SMILES string of the molecule is N#Cc1ccc(S(=O)(=O)N2CCN(Cc3csc(-c4ccc(Cl)cc4)n3)CC2)cc1. The summed E-state index contributed by atoms with van der Waals surface area (Å²) >= 11 is 7.54. The van der Waals surface area contributed by atoms with E-state index in [1.165, 1.54) is 28.6 Å². The minimum atomic E-state index is -3.55. The van der Waals surface area contributed by atoms with E-state index in [4.69, 9.17) is 21.8 Å². The van der Waals surface area contributed by atoms with Crippen LogP contribution in [0, 0.1) is 11.3 Å². The predicted molar refractivity (Wildman–Crippen MR) is 118 cm³/mol. The molecule has 1 aromatic heterocycles. The average Bonchev–Trinajstić information content (AvgIpc) is 3.23. The van der Waals surface area contributed by atoms with Crippen molar-refractivity contribution < 1.29 is 8.42 Å². The lowest BCUT2D eigenvalue weighted by molar-refractivity contribution is 0.180. The molecule has 0 aliphatic carbocycles. The molecule has 1 aliphatic heterocycles. The van der Waals surface area contributed by atoms with Gasteiger partial charge in [0.05, 0.1) is 22.2 Å². The third kappa shape index (κ3) is 4.56. The van der Waals surface area contributed by atoms with Crippen LogP contribution in [0.1, 0.15) is 11.3 Å². The standard InChI is InChI=1S/C21H19ClN4O2S2/c22-18-5-3-17(4-6-18)21-24-19(15-29-21)14-25-9-11-26(12-10-25)30(27,28)20-7-1-16(13-23)2-8-20/h1-8,15H,9-12,14H2. The maximum absolute atomic E-state index is 12.8. The van der Waals surface area contributed by atoms with E-state index < -0.39 is 10.0 Å². The molecule has 1 fully saturated rings. The van der Waals surface area contributed by atoms with Gasteiger partial charge in [-0.1, -0.05) is 23.7 Å². The number of piperazine rings is 1. The van der Waals surface area contributed by atoms with Gasteiger partial charge in [0.1, 0.15) is 5.01 Å². The van der Waals surface area contributed by atoms with Gasteiger partial charge in [-0.05, 0) is 36.4 Å². The lowest BCUT2D eigenvalue weighted by Gasteiger charge is -2.33.